The van der Waals surface area contributed by atoms with Crippen LogP contribution in [0.5, 0.6) is 0 Å². The minimum Gasteiger partial charge on any atom is -0.394 e. The molecule has 18 heavy (non-hydrogen) atoms. The number of hydrogen-bond acceptors (Lipinski definition) is 4. The second kappa shape index (κ2) is 7.23. The summed E-state index contributed by atoms with van der Waals surface area (Å²) in [6.07, 6.45) is 1.60. The second-order valence-electron chi connectivity index (χ2n) is 3.44. The molecule has 1 N–H and O–H groups in total. The highest BCUT2D eigenvalue weighted by Gasteiger charge is 2.13. The number of hydrogen-bond donors (Lipinski definition) is 1. The van der Waals surface area contributed by atoms with E-state index in [0.29, 0.717) is 5.82 Å². The summed E-state index contributed by atoms with van der Waals surface area (Å²) < 4.78 is 2.55. The fraction of sp³-hybridized carbons (Fsp3) is 0.417. The third-order valence-corrected chi connectivity index (χ3v) is 2.70. The van der Waals surface area contributed by atoms with Gasteiger partial charge < -0.3 is 9.67 Å². The summed E-state index contributed by atoms with van der Waals surface area (Å²) in [5.74, 6) is 0.655. The van der Waals surface area contributed by atoms with E-state index in [0.717, 1.165) is 10.3 Å². The van der Waals surface area contributed by atoms with Crippen LogP contribution >= 0.6 is 15.9 Å². The molecule has 0 aliphatic heterocycles. The Bertz CT molecular complexity index is 486. The van der Waals surface area contributed by atoms with Crippen LogP contribution in [0.15, 0.2) is 29.1 Å². The van der Waals surface area contributed by atoms with Gasteiger partial charge >= 0.3 is 0 Å². The summed E-state index contributed by atoms with van der Waals surface area (Å²) in [4.78, 5) is 4.30. The number of aliphatic hydroxyl groups excluding tert-OH is 1. The molecule has 2 aromatic heterocycles. The first-order valence-corrected chi connectivity index (χ1v) is 6.65. The fourth-order valence-electron chi connectivity index (χ4n) is 1.37. The van der Waals surface area contributed by atoms with Gasteiger partial charge in [0.15, 0.2) is 5.82 Å². The van der Waals surface area contributed by atoms with Crippen LogP contribution in [0.4, 0.5) is 0 Å². The molecule has 2 heterocycles. The summed E-state index contributed by atoms with van der Waals surface area (Å²) in [5, 5.41) is 17.0. The molecule has 0 aliphatic rings. The third-order valence-electron chi connectivity index (χ3n) is 2.26. The Morgan fingerprint density at radius 3 is 2.72 bits per heavy atom. The van der Waals surface area contributed by atoms with Crippen molar-refractivity contribution >= 4 is 15.9 Å². The second-order valence-corrected chi connectivity index (χ2v) is 4.25. The van der Waals surface area contributed by atoms with Crippen molar-refractivity contribution in [1.29, 1.82) is 0 Å². The Balaban J connectivity index is 0.000000771. The molecule has 0 aliphatic carbocycles. The van der Waals surface area contributed by atoms with Crippen LogP contribution in [-0.4, -0.2) is 31.5 Å². The van der Waals surface area contributed by atoms with Crippen LogP contribution < -0.4 is 0 Å². The van der Waals surface area contributed by atoms with Gasteiger partial charge in [-0.05, 0) is 35.0 Å². The minimum absolute atomic E-state index is 0.0407. The molecule has 0 radical (unpaired) electrons. The lowest BCUT2D eigenvalue weighted by Gasteiger charge is -2.11. The molecule has 5 nitrogen and oxygen atoms in total. The first-order chi connectivity index (χ1) is 8.72. The van der Waals surface area contributed by atoms with E-state index in [1.165, 1.54) is 0 Å². The van der Waals surface area contributed by atoms with Gasteiger partial charge in [0.2, 0.25) is 0 Å². The Morgan fingerprint density at radius 2 is 2.11 bits per heavy atom. The zero-order valence-electron chi connectivity index (χ0n) is 10.7. The standard InChI is InChI=1S/C10H11BrN4O.C2H6/c1-7(5-16)15-6-12-14-10(15)8-3-2-4-9(11)13-8;1-2/h2-4,6-7,16H,5H2,1H3;1-2H3. The van der Waals surface area contributed by atoms with Crippen molar-refractivity contribution in [1.82, 2.24) is 19.7 Å². The number of pyridine rings is 1. The van der Waals surface area contributed by atoms with Gasteiger partial charge in [0.05, 0.1) is 12.6 Å². The molecule has 0 saturated heterocycles. The first kappa shape index (κ1) is 14.8. The average Bonchev–Trinajstić information content (AvgIpc) is 2.89. The molecule has 0 aromatic carbocycles. The summed E-state index contributed by atoms with van der Waals surface area (Å²) >= 11 is 3.31. The highest BCUT2D eigenvalue weighted by molar-refractivity contribution is 9.10. The number of aromatic nitrogens is 4. The van der Waals surface area contributed by atoms with E-state index in [2.05, 4.69) is 31.1 Å². The van der Waals surface area contributed by atoms with Gasteiger partial charge in [-0.25, -0.2) is 4.98 Å². The van der Waals surface area contributed by atoms with Crippen molar-refractivity contribution in [3.8, 4) is 11.5 Å². The predicted octanol–water partition coefficient (Wildman–Crippen LogP) is 2.68. The van der Waals surface area contributed by atoms with Crippen molar-refractivity contribution in [2.24, 2.45) is 0 Å². The van der Waals surface area contributed by atoms with Crippen LogP contribution in [0.3, 0.4) is 0 Å². The zero-order valence-corrected chi connectivity index (χ0v) is 12.3. The minimum atomic E-state index is -0.0641. The van der Waals surface area contributed by atoms with Gasteiger partial charge in [0, 0.05) is 0 Å². The molecule has 0 bridgehead atoms. The molecule has 6 heteroatoms. The van der Waals surface area contributed by atoms with E-state index in [1.54, 1.807) is 10.9 Å². The average molecular weight is 313 g/mol. The van der Waals surface area contributed by atoms with Crippen LogP contribution in [0.1, 0.15) is 26.8 Å². The Labute approximate surface area is 115 Å². The van der Waals surface area contributed by atoms with Crippen molar-refractivity contribution in [3.05, 3.63) is 29.1 Å². The maximum atomic E-state index is 9.13. The molecular weight excluding hydrogens is 296 g/mol. The molecule has 2 rings (SSSR count). The quantitative estimate of drug-likeness (QED) is 0.885. The lowest BCUT2D eigenvalue weighted by Crippen LogP contribution is -2.10. The predicted molar refractivity (Wildman–Crippen MR) is 74.1 cm³/mol. The molecule has 0 fully saturated rings. The van der Waals surface area contributed by atoms with E-state index in [-0.39, 0.29) is 12.6 Å². The maximum Gasteiger partial charge on any atom is 0.182 e. The Morgan fingerprint density at radius 1 is 1.39 bits per heavy atom. The summed E-state index contributed by atoms with van der Waals surface area (Å²) in [6.45, 7) is 5.93. The van der Waals surface area contributed by atoms with Gasteiger partial charge in [0.25, 0.3) is 0 Å². The van der Waals surface area contributed by atoms with E-state index in [9.17, 15) is 0 Å². The number of rotatable bonds is 3. The Kier molecular flexibility index (Phi) is 5.94. The monoisotopic (exact) mass is 312 g/mol. The van der Waals surface area contributed by atoms with Crippen LogP contribution in [0, 0.1) is 0 Å². The summed E-state index contributed by atoms with van der Waals surface area (Å²) in [5.41, 5.74) is 0.729. The molecule has 98 valence electrons. The topological polar surface area (TPSA) is 63.8 Å². The van der Waals surface area contributed by atoms with E-state index >= 15 is 0 Å². The van der Waals surface area contributed by atoms with Gasteiger partial charge in [-0.15, -0.1) is 10.2 Å². The van der Waals surface area contributed by atoms with E-state index in [4.69, 9.17) is 5.11 Å². The molecule has 2 aromatic rings. The molecule has 1 atom stereocenters. The van der Waals surface area contributed by atoms with Crippen molar-refractivity contribution in [2.45, 2.75) is 26.8 Å². The summed E-state index contributed by atoms with van der Waals surface area (Å²) in [6, 6.07) is 5.52. The lowest BCUT2D eigenvalue weighted by molar-refractivity contribution is 0.239. The van der Waals surface area contributed by atoms with Gasteiger partial charge in [-0.1, -0.05) is 19.9 Å². The highest BCUT2D eigenvalue weighted by Crippen LogP contribution is 2.19. The van der Waals surface area contributed by atoms with Crippen LogP contribution in [0.25, 0.3) is 11.5 Å². The van der Waals surface area contributed by atoms with Gasteiger partial charge in [-0.2, -0.15) is 0 Å². The fourth-order valence-corrected chi connectivity index (χ4v) is 1.71. The molecule has 0 spiro atoms. The number of aliphatic hydroxyl groups is 1. The lowest BCUT2D eigenvalue weighted by atomic mass is 10.3. The molecule has 0 amide bonds. The largest absolute Gasteiger partial charge is 0.394 e. The first-order valence-electron chi connectivity index (χ1n) is 5.85. The number of nitrogens with zero attached hydrogens (tertiary/aromatic N) is 4. The van der Waals surface area contributed by atoms with Crippen LogP contribution in [0.2, 0.25) is 0 Å². The van der Waals surface area contributed by atoms with Crippen LogP contribution in [-0.2, 0) is 0 Å². The maximum absolute atomic E-state index is 9.13. The highest BCUT2D eigenvalue weighted by atomic mass is 79.9. The number of halogens is 1. The summed E-state index contributed by atoms with van der Waals surface area (Å²) in [7, 11) is 0. The zero-order chi connectivity index (χ0) is 13.5. The molecular formula is C12H17BrN4O. The van der Waals surface area contributed by atoms with E-state index < -0.39 is 0 Å². The SMILES string of the molecule is CC.CC(CO)n1cnnc1-c1cccc(Br)n1. The van der Waals surface area contributed by atoms with Gasteiger partial charge in [0.1, 0.15) is 16.6 Å². The normalized spacial score (nSPS) is 11.6. The van der Waals surface area contributed by atoms with Crippen molar-refractivity contribution < 1.29 is 5.11 Å². The smallest absolute Gasteiger partial charge is 0.182 e. The third kappa shape index (κ3) is 3.36. The van der Waals surface area contributed by atoms with E-state index in [1.807, 2.05) is 39.0 Å². The molecule has 1 unspecified atom stereocenters. The van der Waals surface area contributed by atoms with Crippen molar-refractivity contribution in [3.63, 3.8) is 0 Å². The molecule has 0 saturated carbocycles. The van der Waals surface area contributed by atoms with Gasteiger partial charge in [-0.3, -0.25) is 0 Å². The van der Waals surface area contributed by atoms with Crippen molar-refractivity contribution in [2.75, 3.05) is 6.61 Å². The Hall–Kier alpha value is -1.27.